The van der Waals surface area contributed by atoms with Crippen LogP contribution in [0.4, 0.5) is 0 Å². The fraction of sp³-hybridized carbons (Fsp3) is 0.400. The maximum atomic E-state index is 12.1. The van der Waals surface area contributed by atoms with E-state index in [0.29, 0.717) is 30.2 Å². The first-order chi connectivity index (χ1) is 13.1. The Morgan fingerprint density at radius 3 is 2.19 bits per heavy atom. The number of ether oxygens (including phenoxy) is 2. The number of rotatable bonds is 7. The Balaban J connectivity index is 1.75. The largest absolute Gasteiger partial charge is 0.496 e. The van der Waals surface area contributed by atoms with Crippen LogP contribution in [-0.4, -0.2) is 66.3 Å². The van der Waals surface area contributed by atoms with Crippen LogP contribution in [0.2, 0.25) is 0 Å². The molecule has 7 nitrogen and oxygen atoms in total. The average molecular weight is 371 g/mol. The summed E-state index contributed by atoms with van der Waals surface area (Å²) in [4.78, 5) is 20.5. The molecule has 0 aliphatic carbocycles. The first-order valence-electron chi connectivity index (χ1n) is 8.93. The Kier molecular flexibility index (Phi) is 6.26. The van der Waals surface area contributed by atoms with Gasteiger partial charge in [0.05, 0.1) is 19.8 Å². The average Bonchev–Trinajstić information content (AvgIpc) is 2.70. The molecule has 1 N–H and O–H groups in total. The molecule has 144 valence electrons. The Hall–Kier alpha value is -2.64. The summed E-state index contributed by atoms with van der Waals surface area (Å²) in [6, 6.07) is 8.55. The molecule has 0 radical (unpaired) electrons. The van der Waals surface area contributed by atoms with Crippen molar-refractivity contribution in [1.29, 1.82) is 0 Å². The zero-order valence-electron chi connectivity index (χ0n) is 15.7. The van der Waals surface area contributed by atoms with Gasteiger partial charge in [-0.3, -0.25) is 19.6 Å². The van der Waals surface area contributed by atoms with Crippen LogP contribution >= 0.6 is 0 Å². The van der Waals surface area contributed by atoms with Gasteiger partial charge in [-0.25, -0.2) is 0 Å². The van der Waals surface area contributed by atoms with Crippen molar-refractivity contribution in [2.45, 2.75) is 12.6 Å². The van der Waals surface area contributed by atoms with E-state index in [0.717, 1.165) is 19.6 Å². The van der Waals surface area contributed by atoms with Gasteiger partial charge in [-0.1, -0.05) is 6.07 Å². The number of hydrogen-bond donors (Lipinski definition) is 1. The number of benzene rings is 1. The van der Waals surface area contributed by atoms with Crippen LogP contribution in [0.5, 0.6) is 11.5 Å². The zero-order chi connectivity index (χ0) is 19.2. The highest BCUT2D eigenvalue weighted by Crippen LogP contribution is 2.37. The number of aromatic nitrogens is 1. The van der Waals surface area contributed by atoms with E-state index in [1.54, 1.807) is 44.8 Å². The van der Waals surface area contributed by atoms with Crippen molar-refractivity contribution in [3.8, 4) is 11.5 Å². The second-order valence-corrected chi connectivity index (χ2v) is 6.48. The van der Waals surface area contributed by atoms with Crippen molar-refractivity contribution in [2.24, 2.45) is 0 Å². The van der Waals surface area contributed by atoms with E-state index in [1.165, 1.54) is 5.56 Å². The molecule has 0 bridgehead atoms. The Morgan fingerprint density at radius 1 is 1.07 bits per heavy atom. The number of hydrogen-bond acceptors (Lipinski definition) is 6. The molecule has 1 aliphatic rings. The smallest absolute Gasteiger partial charge is 0.325 e. The molecule has 0 amide bonds. The van der Waals surface area contributed by atoms with Gasteiger partial charge in [0.25, 0.3) is 0 Å². The lowest BCUT2D eigenvalue weighted by Crippen LogP contribution is -2.49. The molecule has 2 aromatic rings. The topological polar surface area (TPSA) is 75.1 Å². The normalized spacial score (nSPS) is 16.7. The van der Waals surface area contributed by atoms with E-state index in [2.05, 4.69) is 9.88 Å². The van der Waals surface area contributed by atoms with Gasteiger partial charge in [-0.15, -0.1) is 0 Å². The SMILES string of the molecule is COc1cccc(OC)c1C(C(=O)O)N1CCN(Cc2ccncc2)CC1. The van der Waals surface area contributed by atoms with Crippen LogP contribution in [0.3, 0.4) is 0 Å². The molecule has 0 saturated carbocycles. The van der Waals surface area contributed by atoms with Crippen LogP contribution in [0.25, 0.3) is 0 Å². The highest BCUT2D eigenvalue weighted by molar-refractivity contribution is 5.78. The number of aliphatic carboxylic acids is 1. The first-order valence-corrected chi connectivity index (χ1v) is 8.93. The highest BCUT2D eigenvalue weighted by atomic mass is 16.5. The third-order valence-corrected chi connectivity index (χ3v) is 4.90. The maximum Gasteiger partial charge on any atom is 0.325 e. The highest BCUT2D eigenvalue weighted by Gasteiger charge is 2.34. The quantitative estimate of drug-likeness (QED) is 0.798. The van der Waals surface area contributed by atoms with Crippen molar-refractivity contribution < 1.29 is 19.4 Å². The molecule has 1 aliphatic heterocycles. The van der Waals surface area contributed by atoms with Crippen molar-refractivity contribution in [3.63, 3.8) is 0 Å². The summed E-state index contributed by atoms with van der Waals surface area (Å²) >= 11 is 0. The van der Waals surface area contributed by atoms with Crippen LogP contribution < -0.4 is 9.47 Å². The molecular formula is C20H25N3O4. The van der Waals surface area contributed by atoms with Crippen molar-refractivity contribution in [2.75, 3.05) is 40.4 Å². The molecule has 1 unspecified atom stereocenters. The minimum absolute atomic E-state index is 0.529. The Bertz CT molecular complexity index is 739. The lowest BCUT2D eigenvalue weighted by molar-refractivity contribution is -0.144. The second kappa shape index (κ2) is 8.83. The molecule has 7 heteroatoms. The number of carboxylic acids is 1. The van der Waals surface area contributed by atoms with Gasteiger partial charge in [0.1, 0.15) is 17.5 Å². The predicted molar refractivity (Wildman–Crippen MR) is 101 cm³/mol. The molecule has 1 fully saturated rings. The lowest BCUT2D eigenvalue weighted by atomic mass is 10.0. The molecule has 1 aromatic heterocycles. The molecular weight excluding hydrogens is 346 g/mol. The van der Waals surface area contributed by atoms with Gasteiger partial charge in [-0.05, 0) is 29.8 Å². The molecule has 1 saturated heterocycles. The molecule has 0 spiro atoms. The minimum Gasteiger partial charge on any atom is -0.496 e. The summed E-state index contributed by atoms with van der Waals surface area (Å²) in [5.41, 5.74) is 1.78. The lowest BCUT2D eigenvalue weighted by Gasteiger charge is -2.38. The minimum atomic E-state index is -0.902. The summed E-state index contributed by atoms with van der Waals surface area (Å²) in [5, 5.41) is 9.95. The molecule has 27 heavy (non-hydrogen) atoms. The number of nitrogens with zero attached hydrogens (tertiary/aromatic N) is 3. The number of carbonyl (C=O) groups is 1. The van der Waals surface area contributed by atoms with E-state index in [4.69, 9.17) is 9.47 Å². The summed E-state index contributed by atoms with van der Waals surface area (Å²) in [6.07, 6.45) is 3.58. The standard InChI is InChI=1S/C20H25N3O4/c1-26-16-4-3-5-17(27-2)18(16)19(20(24)25)23-12-10-22(11-13-23)14-15-6-8-21-9-7-15/h3-9,19H,10-14H2,1-2H3,(H,24,25). The first kappa shape index (κ1) is 19.1. The summed E-state index contributed by atoms with van der Waals surface area (Å²) in [5.74, 6) is 0.155. The molecule has 2 heterocycles. The summed E-state index contributed by atoms with van der Waals surface area (Å²) in [7, 11) is 3.09. The maximum absolute atomic E-state index is 12.1. The zero-order valence-corrected chi connectivity index (χ0v) is 15.7. The van der Waals surface area contributed by atoms with E-state index < -0.39 is 12.0 Å². The van der Waals surface area contributed by atoms with Gasteiger partial charge < -0.3 is 14.6 Å². The van der Waals surface area contributed by atoms with Crippen LogP contribution in [0.1, 0.15) is 17.2 Å². The van der Waals surface area contributed by atoms with Gasteiger partial charge >= 0.3 is 5.97 Å². The molecule has 1 aromatic carbocycles. The van der Waals surface area contributed by atoms with Crippen LogP contribution in [0, 0.1) is 0 Å². The number of carboxylic acid groups (broad SMARTS) is 1. The monoisotopic (exact) mass is 371 g/mol. The summed E-state index contributed by atoms with van der Waals surface area (Å²) < 4.78 is 10.8. The fourth-order valence-electron chi connectivity index (χ4n) is 3.54. The fourth-order valence-corrected chi connectivity index (χ4v) is 3.54. The van der Waals surface area contributed by atoms with Crippen molar-refractivity contribution >= 4 is 5.97 Å². The Morgan fingerprint density at radius 2 is 1.67 bits per heavy atom. The second-order valence-electron chi connectivity index (χ2n) is 6.48. The predicted octanol–water partition coefficient (Wildman–Crippen LogP) is 2.04. The van der Waals surface area contributed by atoms with Crippen molar-refractivity contribution in [1.82, 2.24) is 14.8 Å². The van der Waals surface area contributed by atoms with Gasteiger partial charge in [-0.2, -0.15) is 0 Å². The van der Waals surface area contributed by atoms with E-state index >= 15 is 0 Å². The van der Waals surface area contributed by atoms with Gasteiger partial charge in [0.2, 0.25) is 0 Å². The van der Waals surface area contributed by atoms with Crippen LogP contribution in [-0.2, 0) is 11.3 Å². The number of piperazine rings is 1. The third-order valence-electron chi connectivity index (χ3n) is 4.90. The number of methoxy groups -OCH3 is 2. The molecule has 1 atom stereocenters. The summed E-state index contributed by atoms with van der Waals surface area (Å²) in [6.45, 7) is 3.74. The van der Waals surface area contributed by atoms with Gasteiger partial charge in [0.15, 0.2) is 0 Å². The van der Waals surface area contributed by atoms with Crippen molar-refractivity contribution in [3.05, 3.63) is 53.9 Å². The van der Waals surface area contributed by atoms with E-state index in [9.17, 15) is 9.90 Å². The molecule has 3 rings (SSSR count). The third kappa shape index (κ3) is 4.37. The van der Waals surface area contributed by atoms with Crippen LogP contribution in [0.15, 0.2) is 42.7 Å². The Labute approximate surface area is 159 Å². The van der Waals surface area contributed by atoms with E-state index in [1.807, 2.05) is 17.0 Å². The number of pyridine rings is 1. The van der Waals surface area contributed by atoms with E-state index in [-0.39, 0.29) is 0 Å². The van der Waals surface area contributed by atoms with Gasteiger partial charge in [0, 0.05) is 45.1 Å².